The number of halogens is 4. The molecule has 3 rings (SSSR count). The molecule has 7 nitrogen and oxygen atoms in total. The van der Waals surface area contributed by atoms with E-state index in [-0.39, 0.29) is 17.1 Å². The van der Waals surface area contributed by atoms with Crippen LogP contribution in [-0.2, 0) is 32.3 Å². The van der Waals surface area contributed by atoms with Crippen molar-refractivity contribution in [2.75, 3.05) is 17.9 Å². The number of aryl methyl sites for hydroxylation is 1. The molecule has 3 aromatic carbocycles. The van der Waals surface area contributed by atoms with Crippen LogP contribution < -0.4 is 9.62 Å². The summed E-state index contributed by atoms with van der Waals surface area (Å²) < 4.78 is 68.5. The number of nitrogens with one attached hydrogen (secondary N) is 1. The Morgan fingerprint density at radius 2 is 1.62 bits per heavy atom. The highest BCUT2D eigenvalue weighted by molar-refractivity contribution is 7.92. The van der Waals surface area contributed by atoms with Crippen LogP contribution in [0, 0.1) is 6.92 Å². The average molecular weight is 582 g/mol. The Labute approximate surface area is 230 Å². The van der Waals surface area contributed by atoms with E-state index in [9.17, 15) is 31.2 Å². The first-order valence-corrected chi connectivity index (χ1v) is 13.6. The second-order valence-corrected chi connectivity index (χ2v) is 11.1. The van der Waals surface area contributed by atoms with Crippen LogP contribution in [0.1, 0.15) is 23.6 Å². The van der Waals surface area contributed by atoms with Crippen LogP contribution in [0.25, 0.3) is 0 Å². The number of hydrogen-bond donors (Lipinski definition) is 1. The lowest BCUT2D eigenvalue weighted by atomic mass is 10.1. The summed E-state index contributed by atoms with van der Waals surface area (Å²) in [6.07, 6.45) is -4.74. The summed E-state index contributed by atoms with van der Waals surface area (Å²) >= 11 is 5.95. The van der Waals surface area contributed by atoms with Crippen LogP contribution in [0.4, 0.5) is 18.9 Å². The fraction of sp³-hybridized carbons (Fsp3) is 0.259. The highest BCUT2D eigenvalue weighted by Crippen LogP contribution is 2.33. The quantitative estimate of drug-likeness (QED) is 0.384. The van der Waals surface area contributed by atoms with Crippen LogP contribution >= 0.6 is 11.6 Å². The first-order valence-electron chi connectivity index (χ1n) is 11.8. The standard InChI is InChI=1S/C27H27ClF3N3O4S/c1-18-7-13-24(14-8-18)39(37,38)34(23-6-4-5-21(15-23)27(29,30)31)17-25(35)33(19(2)26(36)32-3)16-20-9-11-22(28)12-10-20/h4-15,19H,16-17H2,1-3H3,(H,32,36)/t19-/m1/s1. The van der Waals surface area contributed by atoms with Crippen LogP contribution in [-0.4, -0.2) is 44.8 Å². The average Bonchev–Trinajstić information content (AvgIpc) is 2.90. The summed E-state index contributed by atoms with van der Waals surface area (Å²) in [5, 5.41) is 2.91. The topological polar surface area (TPSA) is 86.8 Å². The van der Waals surface area contributed by atoms with Crippen molar-refractivity contribution in [1.29, 1.82) is 0 Å². The number of nitrogens with zero attached hydrogens (tertiary/aromatic N) is 2. The summed E-state index contributed by atoms with van der Waals surface area (Å²) in [5.74, 6) is -1.31. The smallest absolute Gasteiger partial charge is 0.357 e. The van der Waals surface area contributed by atoms with E-state index in [1.54, 1.807) is 43.3 Å². The minimum absolute atomic E-state index is 0.0778. The van der Waals surface area contributed by atoms with E-state index >= 15 is 0 Å². The Bertz CT molecular complexity index is 1430. The highest BCUT2D eigenvalue weighted by Gasteiger charge is 2.35. The maximum atomic E-state index is 13.7. The van der Waals surface area contributed by atoms with Crippen LogP contribution in [0.2, 0.25) is 5.02 Å². The van der Waals surface area contributed by atoms with Crippen LogP contribution in [0.5, 0.6) is 0 Å². The third-order valence-electron chi connectivity index (χ3n) is 6.03. The van der Waals surface area contributed by atoms with E-state index in [2.05, 4.69) is 5.32 Å². The van der Waals surface area contributed by atoms with E-state index in [4.69, 9.17) is 11.6 Å². The summed E-state index contributed by atoms with van der Waals surface area (Å²) in [4.78, 5) is 27.1. The van der Waals surface area contributed by atoms with Crippen molar-refractivity contribution in [3.05, 3.63) is 94.5 Å². The molecular formula is C27H27ClF3N3O4S. The van der Waals surface area contributed by atoms with Gasteiger partial charge in [-0.3, -0.25) is 13.9 Å². The van der Waals surface area contributed by atoms with Crippen LogP contribution in [0.3, 0.4) is 0 Å². The van der Waals surface area contributed by atoms with E-state index in [0.717, 1.165) is 22.6 Å². The van der Waals surface area contributed by atoms with E-state index in [0.29, 0.717) is 21.0 Å². The number of benzene rings is 3. The molecule has 0 saturated carbocycles. The number of carbonyl (C=O) groups excluding carboxylic acids is 2. The van der Waals surface area contributed by atoms with E-state index in [1.165, 1.54) is 32.2 Å². The van der Waals surface area contributed by atoms with Crippen molar-refractivity contribution in [2.45, 2.75) is 37.5 Å². The predicted octanol–water partition coefficient (Wildman–Crippen LogP) is 5.03. The number of hydrogen-bond acceptors (Lipinski definition) is 4. The zero-order chi connectivity index (χ0) is 29.0. The second kappa shape index (κ2) is 12.1. The molecule has 0 aromatic heterocycles. The lowest BCUT2D eigenvalue weighted by Crippen LogP contribution is -2.50. The van der Waals surface area contributed by atoms with E-state index < -0.39 is 46.2 Å². The van der Waals surface area contributed by atoms with Gasteiger partial charge in [-0.1, -0.05) is 47.5 Å². The number of alkyl halides is 3. The van der Waals surface area contributed by atoms with Gasteiger partial charge in [0.2, 0.25) is 11.8 Å². The van der Waals surface area contributed by atoms with Gasteiger partial charge in [0.25, 0.3) is 10.0 Å². The Balaban J connectivity index is 2.09. The SMILES string of the molecule is CNC(=O)[C@@H](C)N(Cc1ccc(Cl)cc1)C(=O)CN(c1cccc(C(F)(F)F)c1)S(=O)(=O)c1ccc(C)cc1. The molecule has 1 N–H and O–H groups in total. The molecule has 0 saturated heterocycles. The number of carbonyl (C=O) groups is 2. The number of sulfonamides is 1. The van der Waals surface area contributed by atoms with Gasteiger partial charge in [-0.15, -0.1) is 0 Å². The minimum Gasteiger partial charge on any atom is -0.357 e. The highest BCUT2D eigenvalue weighted by atomic mass is 35.5. The molecular weight excluding hydrogens is 555 g/mol. The van der Waals surface area contributed by atoms with Gasteiger partial charge in [0.1, 0.15) is 12.6 Å². The molecule has 0 fully saturated rings. The van der Waals surface area contributed by atoms with Gasteiger partial charge in [-0.05, 0) is 61.9 Å². The van der Waals surface area contributed by atoms with Crippen LogP contribution in [0.15, 0.2) is 77.7 Å². The van der Waals surface area contributed by atoms with Gasteiger partial charge in [-0.2, -0.15) is 13.2 Å². The monoisotopic (exact) mass is 581 g/mol. The fourth-order valence-electron chi connectivity index (χ4n) is 3.78. The number of rotatable bonds is 9. The fourth-order valence-corrected chi connectivity index (χ4v) is 5.31. The lowest BCUT2D eigenvalue weighted by Gasteiger charge is -2.32. The lowest BCUT2D eigenvalue weighted by molar-refractivity contribution is -0.139. The molecule has 0 aliphatic heterocycles. The second-order valence-electron chi connectivity index (χ2n) is 8.81. The van der Waals surface area contributed by atoms with Crippen molar-refractivity contribution < 1.29 is 31.2 Å². The molecule has 12 heteroatoms. The molecule has 2 amide bonds. The molecule has 0 aliphatic carbocycles. The third-order valence-corrected chi connectivity index (χ3v) is 8.07. The molecule has 0 aliphatic rings. The largest absolute Gasteiger partial charge is 0.416 e. The van der Waals surface area contributed by atoms with Crippen molar-refractivity contribution in [3.8, 4) is 0 Å². The third kappa shape index (κ3) is 7.30. The van der Waals surface area contributed by atoms with Gasteiger partial charge < -0.3 is 10.2 Å². The van der Waals surface area contributed by atoms with Crippen molar-refractivity contribution in [1.82, 2.24) is 10.2 Å². The zero-order valence-corrected chi connectivity index (χ0v) is 22.9. The molecule has 0 radical (unpaired) electrons. The summed E-state index contributed by atoms with van der Waals surface area (Å²) in [5.41, 5.74) is -0.0502. The molecule has 39 heavy (non-hydrogen) atoms. The summed E-state index contributed by atoms with van der Waals surface area (Å²) in [6.45, 7) is 2.28. The first-order chi connectivity index (χ1) is 18.2. The molecule has 0 unspecified atom stereocenters. The van der Waals surface area contributed by atoms with Gasteiger partial charge in [0.05, 0.1) is 16.1 Å². The summed E-state index contributed by atoms with van der Waals surface area (Å²) in [6, 6.07) is 14.9. The normalized spacial score (nSPS) is 12.5. The van der Waals surface area contributed by atoms with Gasteiger partial charge in [-0.25, -0.2) is 8.42 Å². The number of likely N-dealkylation sites (N-methyl/N-ethyl adjacent to an activating group) is 1. The summed E-state index contributed by atoms with van der Waals surface area (Å²) in [7, 11) is -3.10. The molecule has 208 valence electrons. The number of anilines is 1. The van der Waals surface area contributed by atoms with Crippen molar-refractivity contribution in [2.24, 2.45) is 0 Å². The van der Waals surface area contributed by atoms with Gasteiger partial charge in [0, 0.05) is 18.6 Å². The zero-order valence-electron chi connectivity index (χ0n) is 21.4. The Kier molecular flexibility index (Phi) is 9.29. The molecule has 1 atom stereocenters. The maximum absolute atomic E-state index is 13.7. The Hall–Kier alpha value is -3.57. The van der Waals surface area contributed by atoms with Gasteiger partial charge in [0.15, 0.2) is 0 Å². The van der Waals surface area contributed by atoms with E-state index in [1.807, 2.05) is 0 Å². The van der Waals surface area contributed by atoms with Gasteiger partial charge >= 0.3 is 6.18 Å². The number of amides is 2. The molecule has 3 aromatic rings. The minimum atomic E-state index is -4.74. The van der Waals surface area contributed by atoms with Crippen molar-refractivity contribution >= 4 is 39.1 Å². The molecule has 0 bridgehead atoms. The predicted molar refractivity (Wildman–Crippen MR) is 143 cm³/mol. The maximum Gasteiger partial charge on any atom is 0.416 e. The first kappa shape index (κ1) is 30.0. The Morgan fingerprint density at radius 1 is 1.00 bits per heavy atom. The Morgan fingerprint density at radius 3 is 2.18 bits per heavy atom. The van der Waals surface area contributed by atoms with Crippen molar-refractivity contribution in [3.63, 3.8) is 0 Å². The molecule has 0 spiro atoms. The molecule has 0 heterocycles.